The molecule has 5 heteroatoms. The first-order valence-electron chi connectivity index (χ1n) is 6.60. The van der Waals surface area contributed by atoms with Gasteiger partial charge in [0, 0.05) is 14.9 Å². The molecule has 0 bridgehead atoms. The van der Waals surface area contributed by atoms with E-state index in [1.54, 1.807) is 11.3 Å². The molecule has 2 rings (SSSR count). The molecule has 2 aromatic rings. The Morgan fingerprint density at radius 1 is 1.29 bits per heavy atom. The van der Waals surface area contributed by atoms with Gasteiger partial charge in [0.2, 0.25) is 0 Å². The van der Waals surface area contributed by atoms with Gasteiger partial charge in [-0.1, -0.05) is 28.1 Å². The molecule has 0 aliphatic carbocycles. The van der Waals surface area contributed by atoms with Gasteiger partial charge in [0.15, 0.2) is 0 Å². The molecule has 0 saturated carbocycles. The van der Waals surface area contributed by atoms with Crippen LogP contribution in [0.1, 0.15) is 33.3 Å². The molecule has 0 fully saturated rings. The van der Waals surface area contributed by atoms with Crippen molar-refractivity contribution in [2.24, 2.45) is 4.40 Å². The zero-order chi connectivity index (χ0) is 15.6. The van der Waals surface area contributed by atoms with Crippen LogP contribution in [0.15, 0.2) is 44.6 Å². The van der Waals surface area contributed by atoms with E-state index in [4.69, 9.17) is 0 Å². The van der Waals surface area contributed by atoms with E-state index in [9.17, 15) is 4.21 Å². The Balaban J connectivity index is 2.40. The fourth-order valence-electron chi connectivity index (χ4n) is 1.68. The molecule has 21 heavy (non-hydrogen) atoms. The van der Waals surface area contributed by atoms with Crippen molar-refractivity contribution in [3.63, 3.8) is 0 Å². The Morgan fingerprint density at radius 2 is 2.00 bits per heavy atom. The Morgan fingerprint density at radius 3 is 2.57 bits per heavy atom. The topological polar surface area (TPSA) is 29.4 Å². The summed E-state index contributed by atoms with van der Waals surface area (Å²) in [6.07, 6.45) is 0. The number of hydrogen-bond acceptors (Lipinski definition) is 2. The minimum atomic E-state index is -1.24. The lowest BCUT2D eigenvalue weighted by molar-refractivity contribution is 0.650. The van der Waals surface area contributed by atoms with Crippen LogP contribution in [0, 0.1) is 0 Å². The van der Waals surface area contributed by atoms with Gasteiger partial charge >= 0.3 is 0 Å². The van der Waals surface area contributed by atoms with Crippen LogP contribution >= 0.6 is 27.3 Å². The van der Waals surface area contributed by atoms with Crippen molar-refractivity contribution < 1.29 is 4.21 Å². The van der Waals surface area contributed by atoms with Gasteiger partial charge in [-0.25, -0.2) is 4.21 Å². The van der Waals surface area contributed by atoms with Crippen LogP contribution in [0.25, 0.3) is 10.4 Å². The summed E-state index contributed by atoms with van der Waals surface area (Å²) in [4.78, 5) is 1.20. The van der Waals surface area contributed by atoms with Gasteiger partial charge in [-0.05, 0) is 56.8 Å². The van der Waals surface area contributed by atoms with Crippen molar-refractivity contribution >= 4 is 44.0 Å². The number of nitrogens with zero attached hydrogens (tertiary/aromatic N) is 1. The molecular weight excluding hydrogens is 366 g/mol. The van der Waals surface area contributed by atoms with Crippen molar-refractivity contribution in [2.75, 3.05) is 0 Å². The average molecular weight is 384 g/mol. The maximum Gasteiger partial charge on any atom is 0.145 e. The molecule has 1 aromatic carbocycles. The van der Waals surface area contributed by atoms with Crippen molar-refractivity contribution in [1.29, 1.82) is 0 Å². The summed E-state index contributed by atoms with van der Waals surface area (Å²) in [6.45, 7) is 7.70. The third-order valence-corrected chi connectivity index (χ3v) is 6.00. The molecule has 0 amide bonds. The van der Waals surface area contributed by atoms with Gasteiger partial charge in [-0.2, -0.15) is 4.40 Å². The van der Waals surface area contributed by atoms with Crippen LogP contribution in [0.4, 0.5) is 0 Å². The van der Waals surface area contributed by atoms with E-state index in [-0.39, 0.29) is 4.75 Å². The molecule has 1 atom stereocenters. The summed E-state index contributed by atoms with van der Waals surface area (Å²) in [7, 11) is -1.24. The first kappa shape index (κ1) is 16.6. The number of hydrogen-bond donors (Lipinski definition) is 0. The molecule has 0 aliphatic rings. The SMILES string of the molecule is C/C(=N\[S@](=O)C(C)(C)C)c1ccc(Br)c(-c2cccs2)c1. The summed E-state index contributed by atoms with van der Waals surface area (Å²) >= 11 is 5.29. The van der Waals surface area contributed by atoms with Gasteiger partial charge in [0.05, 0.1) is 10.5 Å². The molecule has 112 valence electrons. The Labute approximate surface area is 141 Å². The lowest BCUT2D eigenvalue weighted by Crippen LogP contribution is -2.20. The first-order chi connectivity index (χ1) is 9.79. The number of halogens is 1. The highest BCUT2D eigenvalue weighted by atomic mass is 79.9. The lowest BCUT2D eigenvalue weighted by Gasteiger charge is -2.14. The van der Waals surface area contributed by atoms with Gasteiger partial charge < -0.3 is 0 Å². The average Bonchev–Trinajstić information content (AvgIpc) is 2.91. The van der Waals surface area contributed by atoms with E-state index in [1.807, 2.05) is 45.9 Å². The second-order valence-electron chi connectivity index (χ2n) is 5.71. The maximum absolute atomic E-state index is 12.1. The molecule has 0 N–H and O–H groups in total. The van der Waals surface area contributed by atoms with E-state index in [2.05, 4.69) is 37.8 Å². The smallest absolute Gasteiger partial charge is 0.145 e. The molecular formula is C16H18BrNOS2. The predicted molar refractivity (Wildman–Crippen MR) is 97.6 cm³/mol. The second kappa shape index (κ2) is 6.55. The van der Waals surface area contributed by atoms with Gasteiger partial charge in [-0.15, -0.1) is 11.3 Å². The molecule has 0 radical (unpaired) electrons. The summed E-state index contributed by atoms with van der Waals surface area (Å²) in [5.41, 5.74) is 2.94. The van der Waals surface area contributed by atoms with Crippen LogP contribution in [0.2, 0.25) is 0 Å². The Kier molecular flexibility index (Phi) is 5.17. The van der Waals surface area contributed by atoms with Crippen LogP contribution in [-0.4, -0.2) is 14.7 Å². The standard InChI is InChI=1S/C16H18BrNOS2/c1-11(18-21(19)16(2,3)4)12-7-8-14(17)13(10-12)15-6-5-9-20-15/h5-10H,1-4H3/b18-11+/t21-/m1/s1. The number of benzene rings is 1. The van der Waals surface area contributed by atoms with Gasteiger partial charge in [0.25, 0.3) is 0 Å². The molecule has 2 nitrogen and oxygen atoms in total. The normalized spacial score (nSPS) is 14.2. The fraction of sp³-hybridized carbons (Fsp3) is 0.312. The van der Waals surface area contributed by atoms with Crippen molar-refractivity contribution in [3.8, 4) is 10.4 Å². The predicted octanol–water partition coefficient (Wildman–Crippen LogP) is 5.45. The largest absolute Gasteiger partial charge is 0.234 e. The van der Waals surface area contributed by atoms with E-state index >= 15 is 0 Å². The summed E-state index contributed by atoms with van der Waals surface area (Å²) in [5, 5.41) is 2.06. The number of thiophene rings is 1. The Hall–Kier alpha value is -0.780. The molecule has 0 unspecified atom stereocenters. The second-order valence-corrected chi connectivity index (χ2v) is 9.42. The zero-order valence-corrected chi connectivity index (χ0v) is 15.7. The minimum Gasteiger partial charge on any atom is -0.234 e. The summed E-state index contributed by atoms with van der Waals surface area (Å²) in [6, 6.07) is 10.2. The van der Waals surface area contributed by atoms with Crippen LogP contribution in [-0.2, 0) is 11.0 Å². The van der Waals surface area contributed by atoms with Crippen molar-refractivity contribution in [3.05, 3.63) is 45.7 Å². The quantitative estimate of drug-likeness (QED) is 0.647. The Bertz CT molecular complexity index is 685. The highest BCUT2D eigenvalue weighted by molar-refractivity contribution is 9.10. The molecule has 0 aliphatic heterocycles. The van der Waals surface area contributed by atoms with E-state index < -0.39 is 11.0 Å². The fourth-order valence-corrected chi connectivity index (χ4v) is 3.66. The van der Waals surface area contributed by atoms with Crippen LogP contribution in [0.5, 0.6) is 0 Å². The molecule has 0 spiro atoms. The maximum atomic E-state index is 12.1. The highest BCUT2D eigenvalue weighted by Gasteiger charge is 2.19. The van der Waals surface area contributed by atoms with E-state index in [1.165, 1.54) is 4.88 Å². The monoisotopic (exact) mass is 383 g/mol. The van der Waals surface area contributed by atoms with E-state index in [0.717, 1.165) is 21.3 Å². The van der Waals surface area contributed by atoms with Crippen LogP contribution in [0.3, 0.4) is 0 Å². The van der Waals surface area contributed by atoms with Crippen molar-refractivity contribution in [1.82, 2.24) is 0 Å². The molecule has 1 aromatic heterocycles. The minimum absolute atomic E-state index is 0.340. The highest BCUT2D eigenvalue weighted by Crippen LogP contribution is 2.32. The lowest BCUT2D eigenvalue weighted by atomic mass is 10.1. The summed E-state index contributed by atoms with van der Waals surface area (Å²) < 4.78 is 17.2. The molecule has 1 heterocycles. The van der Waals surface area contributed by atoms with Crippen molar-refractivity contribution in [2.45, 2.75) is 32.4 Å². The third kappa shape index (κ3) is 4.11. The number of rotatable bonds is 3. The van der Waals surface area contributed by atoms with Crippen LogP contribution < -0.4 is 0 Å². The van der Waals surface area contributed by atoms with Gasteiger partial charge in [-0.3, -0.25) is 0 Å². The summed E-state index contributed by atoms with van der Waals surface area (Å²) in [5.74, 6) is 0. The molecule has 0 saturated heterocycles. The van der Waals surface area contributed by atoms with E-state index in [0.29, 0.717) is 0 Å². The third-order valence-electron chi connectivity index (χ3n) is 2.91. The first-order valence-corrected chi connectivity index (χ1v) is 9.38. The van der Waals surface area contributed by atoms with Gasteiger partial charge in [0.1, 0.15) is 11.0 Å². The zero-order valence-electron chi connectivity index (χ0n) is 12.5.